The van der Waals surface area contributed by atoms with Gasteiger partial charge < -0.3 is 0 Å². The van der Waals surface area contributed by atoms with E-state index in [1.807, 2.05) is 0 Å². The SMILES string of the molecule is CCN1CCCC1CNS(=O)(=O)c1cc(Cl)cc(Cl)c1. The summed E-state index contributed by atoms with van der Waals surface area (Å²) >= 11 is 11.7. The summed E-state index contributed by atoms with van der Waals surface area (Å²) in [6, 6.07) is 4.59. The molecule has 0 radical (unpaired) electrons. The fourth-order valence-corrected chi connectivity index (χ4v) is 4.31. The molecule has 1 unspecified atom stereocenters. The third kappa shape index (κ3) is 3.86. The number of halogens is 2. The quantitative estimate of drug-likeness (QED) is 0.899. The van der Waals surface area contributed by atoms with Gasteiger partial charge in [0.1, 0.15) is 0 Å². The van der Waals surface area contributed by atoms with E-state index in [1.54, 1.807) is 0 Å². The van der Waals surface area contributed by atoms with Crippen molar-refractivity contribution >= 4 is 33.2 Å². The second kappa shape index (κ2) is 6.62. The van der Waals surface area contributed by atoms with Crippen LogP contribution in [0.1, 0.15) is 19.8 Å². The minimum absolute atomic E-state index is 0.107. The predicted molar refractivity (Wildman–Crippen MR) is 81.9 cm³/mol. The van der Waals surface area contributed by atoms with Gasteiger partial charge in [0.25, 0.3) is 0 Å². The van der Waals surface area contributed by atoms with Crippen LogP contribution in [0.25, 0.3) is 0 Å². The number of sulfonamides is 1. The first-order valence-corrected chi connectivity index (χ1v) is 8.86. The molecular formula is C13H18Cl2N2O2S. The van der Waals surface area contributed by atoms with Gasteiger partial charge in [-0.05, 0) is 44.1 Å². The molecule has 0 aliphatic carbocycles. The maximum Gasteiger partial charge on any atom is 0.240 e. The Kier molecular flexibility index (Phi) is 5.31. The van der Waals surface area contributed by atoms with Crippen molar-refractivity contribution in [3.05, 3.63) is 28.2 Å². The van der Waals surface area contributed by atoms with Crippen molar-refractivity contribution < 1.29 is 8.42 Å². The molecule has 0 spiro atoms. The third-order valence-corrected chi connectivity index (χ3v) is 5.40. The van der Waals surface area contributed by atoms with Gasteiger partial charge in [-0.15, -0.1) is 0 Å². The van der Waals surface area contributed by atoms with Crippen LogP contribution in [0.15, 0.2) is 23.1 Å². The Balaban J connectivity index is 2.07. The Morgan fingerprint density at radius 3 is 2.55 bits per heavy atom. The molecule has 0 saturated carbocycles. The summed E-state index contributed by atoms with van der Waals surface area (Å²) in [7, 11) is -3.57. The van der Waals surface area contributed by atoms with Gasteiger partial charge in [-0.3, -0.25) is 4.90 Å². The van der Waals surface area contributed by atoms with E-state index in [9.17, 15) is 8.42 Å². The van der Waals surface area contributed by atoms with Gasteiger partial charge in [0.2, 0.25) is 10.0 Å². The molecule has 1 heterocycles. The van der Waals surface area contributed by atoms with Gasteiger partial charge >= 0.3 is 0 Å². The molecule has 1 N–H and O–H groups in total. The monoisotopic (exact) mass is 336 g/mol. The van der Waals surface area contributed by atoms with Crippen molar-refractivity contribution in [3.63, 3.8) is 0 Å². The van der Waals surface area contributed by atoms with Crippen LogP contribution >= 0.6 is 23.2 Å². The lowest BCUT2D eigenvalue weighted by atomic mass is 10.2. The maximum absolute atomic E-state index is 12.2. The van der Waals surface area contributed by atoms with Crippen LogP contribution in [0, 0.1) is 0 Å². The molecule has 0 aromatic heterocycles. The number of hydrogen-bond acceptors (Lipinski definition) is 3. The standard InChI is InChI=1S/C13H18Cl2N2O2S/c1-2-17-5-3-4-12(17)9-16-20(18,19)13-7-10(14)6-11(15)8-13/h6-8,12,16H,2-5,9H2,1H3. The smallest absolute Gasteiger partial charge is 0.240 e. The molecule has 20 heavy (non-hydrogen) atoms. The first-order valence-electron chi connectivity index (χ1n) is 6.62. The first-order chi connectivity index (χ1) is 9.42. The summed E-state index contributed by atoms with van der Waals surface area (Å²) in [5.41, 5.74) is 0. The second-order valence-electron chi connectivity index (χ2n) is 4.88. The van der Waals surface area contributed by atoms with E-state index in [0.29, 0.717) is 16.6 Å². The number of likely N-dealkylation sites (tertiary alicyclic amines) is 1. The molecule has 7 heteroatoms. The fraction of sp³-hybridized carbons (Fsp3) is 0.538. The van der Waals surface area contributed by atoms with Crippen molar-refractivity contribution in [2.75, 3.05) is 19.6 Å². The molecule has 1 aromatic rings. The Hall–Kier alpha value is -0.330. The van der Waals surface area contributed by atoms with Crippen LogP contribution in [0.4, 0.5) is 0 Å². The molecule has 4 nitrogen and oxygen atoms in total. The molecule has 1 aromatic carbocycles. The number of rotatable bonds is 5. The van der Waals surface area contributed by atoms with Gasteiger partial charge in [-0.1, -0.05) is 30.1 Å². The Morgan fingerprint density at radius 2 is 1.95 bits per heavy atom. The second-order valence-corrected chi connectivity index (χ2v) is 7.52. The number of nitrogens with one attached hydrogen (secondary N) is 1. The average Bonchev–Trinajstić information content (AvgIpc) is 2.82. The largest absolute Gasteiger partial charge is 0.299 e. The molecule has 1 saturated heterocycles. The maximum atomic E-state index is 12.2. The summed E-state index contributed by atoms with van der Waals surface area (Å²) in [6.07, 6.45) is 2.13. The first kappa shape index (κ1) is 16.0. The summed E-state index contributed by atoms with van der Waals surface area (Å²) in [5.74, 6) is 0. The van der Waals surface area contributed by atoms with Crippen molar-refractivity contribution in [2.45, 2.75) is 30.7 Å². The lowest BCUT2D eigenvalue weighted by Crippen LogP contribution is -2.39. The van der Waals surface area contributed by atoms with E-state index in [-0.39, 0.29) is 10.9 Å². The van der Waals surface area contributed by atoms with E-state index < -0.39 is 10.0 Å². The number of benzene rings is 1. The predicted octanol–water partition coefficient (Wildman–Crippen LogP) is 2.76. The summed E-state index contributed by atoms with van der Waals surface area (Å²) in [4.78, 5) is 2.39. The lowest BCUT2D eigenvalue weighted by molar-refractivity contribution is 0.268. The molecule has 1 atom stereocenters. The van der Waals surface area contributed by atoms with Crippen molar-refractivity contribution in [3.8, 4) is 0 Å². The molecule has 1 fully saturated rings. The van der Waals surface area contributed by atoms with Gasteiger partial charge in [0.15, 0.2) is 0 Å². The van der Waals surface area contributed by atoms with Crippen LogP contribution < -0.4 is 4.72 Å². The highest BCUT2D eigenvalue weighted by atomic mass is 35.5. The van der Waals surface area contributed by atoms with Gasteiger partial charge in [-0.25, -0.2) is 13.1 Å². The number of likely N-dealkylation sites (N-methyl/N-ethyl adjacent to an activating group) is 1. The van der Waals surface area contributed by atoms with Crippen LogP contribution in [0.2, 0.25) is 10.0 Å². The number of hydrogen-bond donors (Lipinski definition) is 1. The van der Waals surface area contributed by atoms with Gasteiger partial charge in [-0.2, -0.15) is 0 Å². The summed E-state index contributed by atoms with van der Waals surface area (Å²) in [5, 5.41) is 0.628. The molecule has 0 amide bonds. The lowest BCUT2D eigenvalue weighted by Gasteiger charge is -2.22. The fourth-order valence-electron chi connectivity index (χ4n) is 2.52. The normalized spacial score (nSPS) is 20.4. The minimum Gasteiger partial charge on any atom is -0.299 e. The van der Waals surface area contributed by atoms with Crippen molar-refractivity contribution in [1.82, 2.24) is 9.62 Å². The summed E-state index contributed by atoms with van der Waals surface area (Å²) in [6.45, 7) is 4.48. The van der Waals surface area contributed by atoms with Crippen molar-refractivity contribution in [1.29, 1.82) is 0 Å². The van der Waals surface area contributed by atoms with Gasteiger partial charge in [0, 0.05) is 22.6 Å². The third-order valence-electron chi connectivity index (χ3n) is 3.56. The molecular weight excluding hydrogens is 319 g/mol. The van der Waals surface area contributed by atoms with E-state index >= 15 is 0 Å². The van der Waals surface area contributed by atoms with E-state index in [0.717, 1.165) is 25.9 Å². The Bertz CT molecular complexity index is 557. The van der Waals surface area contributed by atoms with E-state index in [4.69, 9.17) is 23.2 Å². The molecule has 0 bridgehead atoms. The van der Waals surface area contributed by atoms with Gasteiger partial charge in [0.05, 0.1) is 4.90 Å². The van der Waals surface area contributed by atoms with Crippen LogP contribution in [-0.2, 0) is 10.0 Å². The topological polar surface area (TPSA) is 49.4 Å². The highest BCUT2D eigenvalue weighted by molar-refractivity contribution is 7.89. The Labute approximate surface area is 130 Å². The van der Waals surface area contributed by atoms with Crippen LogP contribution in [-0.4, -0.2) is 39.0 Å². The molecule has 1 aliphatic rings. The molecule has 112 valence electrons. The highest BCUT2D eigenvalue weighted by Gasteiger charge is 2.25. The highest BCUT2D eigenvalue weighted by Crippen LogP contribution is 2.22. The zero-order valence-corrected chi connectivity index (χ0v) is 13.6. The average molecular weight is 337 g/mol. The van der Waals surface area contributed by atoms with Crippen LogP contribution in [0.5, 0.6) is 0 Å². The Morgan fingerprint density at radius 1 is 1.30 bits per heavy atom. The van der Waals surface area contributed by atoms with Crippen molar-refractivity contribution in [2.24, 2.45) is 0 Å². The zero-order valence-electron chi connectivity index (χ0n) is 11.3. The summed E-state index contributed by atoms with van der Waals surface area (Å²) < 4.78 is 27.1. The minimum atomic E-state index is -3.57. The van der Waals surface area contributed by atoms with Crippen LogP contribution in [0.3, 0.4) is 0 Å². The number of nitrogens with zero attached hydrogens (tertiary/aromatic N) is 1. The van der Waals surface area contributed by atoms with E-state index in [1.165, 1.54) is 18.2 Å². The zero-order chi connectivity index (χ0) is 14.8. The molecule has 2 rings (SSSR count). The van der Waals surface area contributed by atoms with E-state index in [2.05, 4.69) is 16.5 Å². The molecule has 1 aliphatic heterocycles.